The molecule has 1 rings (SSSR count). The first kappa shape index (κ1) is 19.8. The number of terminal acetylenes is 1. The van der Waals surface area contributed by atoms with Crippen molar-refractivity contribution in [2.45, 2.75) is 13.3 Å². The number of benzene rings is 1. The second kappa shape index (κ2) is 9.15. The van der Waals surface area contributed by atoms with Gasteiger partial charge in [0.1, 0.15) is 0 Å². The zero-order valence-electron chi connectivity index (χ0n) is 14.6. The first-order valence-electron chi connectivity index (χ1n) is 7.47. The highest BCUT2D eigenvalue weighted by atomic mass is 16.5. The van der Waals surface area contributed by atoms with Gasteiger partial charge in [0, 0.05) is 17.6 Å². The average Bonchev–Trinajstić information content (AvgIpc) is 2.63. The van der Waals surface area contributed by atoms with Crippen LogP contribution < -0.4 is 0 Å². The van der Waals surface area contributed by atoms with E-state index in [-0.39, 0.29) is 6.42 Å². The van der Waals surface area contributed by atoms with Gasteiger partial charge in [0.15, 0.2) is 5.41 Å². The summed E-state index contributed by atoms with van der Waals surface area (Å²) in [6.07, 6.45) is 6.53. The van der Waals surface area contributed by atoms with Gasteiger partial charge in [-0.3, -0.25) is 9.59 Å². The van der Waals surface area contributed by atoms with Crippen molar-refractivity contribution in [2.24, 2.45) is 5.41 Å². The Labute approximate surface area is 148 Å². The third kappa shape index (κ3) is 4.86. The highest BCUT2D eigenvalue weighted by molar-refractivity contribution is 6.03. The van der Waals surface area contributed by atoms with Gasteiger partial charge in [0.2, 0.25) is 0 Å². The number of hydrogen-bond acceptors (Lipinski definition) is 4. The molecule has 0 amide bonds. The van der Waals surface area contributed by atoms with Crippen molar-refractivity contribution >= 4 is 11.9 Å². The van der Waals surface area contributed by atoms with Crippen molar-refractivity contribution in [1.82, 2.24) is 0 Å². The van der Waals surface area contributed by atoms with Crippen LogP contribution in [0.5, 0.6) is 0 Å². The van der Waals surface area contributed by atoms with Crippen LogP contribution in [0.4, 0.5) is 0 Å². The van der Waals surface area contributed by atoms with Crippen molar-refractivity contribution in [3.05, 3.63) is 59.7 Å². The second-order valence-electron chi connectivity index (χ2n) is 5.29. The maximum atomic E-state index is 12.3. The Hall–Kier alpha value is -3.24. The molecule has 0 unspecified atom stereocenters. The van der Waals surface area contributed by atoms with Crippen LogP contribution in [0.15, 0.2) is 54.1 Å². The molecule has 0 bridgehead atoms. The summed E-state index contributed by atoms with van der Waals surface area (Å²) in [7, 11) is 2.36. The Kier molecular flexibility index (Phi) is 7.25. The summed E-state index contributed by atoms with van der Waals surface area (Å²) in [5.41, 5.74) is 0.0126. The number of allylic oxidation sites excluding steroid dienone is 2. The van der Waals surface area contributed by atoms with Crippen LogP contribution in [0.25, 0.3) is 0 Å². The number of rotatable bonds is 5. The Balaban J connectivity index is 3.51. The van der Waals surface area contributed by atoms with Crippen molar-refractivity contribution in [1.29, 1.82) is 0 Å². The quantitative estimate of drug-likeness (QED) is 0.359. The molecule has 0 fully saturated rings. The molecule has 1 aromatic carbocycles. The summed E-state index contributed by atoms with van der Waals surface area (Å²) in [5, 5.41) is 0. The van der Waals surface area contributed by atoms with Crippen molar-refractivity contribution in [3.63, 3.8) is 0 Å². The Bertz CT molecular complexity index is 767. The molecular weight excluding hydrogens is 316 g/mol. The number of ether oxygens (including phenoxy) is 2. The van der Waals surface area contributed by atoms with Crippen molar-refractivity contribution < 1.29 is 19.1 Å². The van der Waals surface area contributed by atoms with Crippen LogP contribution in [-0.2, 0) is 19.1 Å². The number of carbonyl (C=O) groups is 2. The zero-order chi connectivity index (χ0) is 18.9. The van der Waals surface area contributed by atoms with Gasteiger partial charge in [0.05, 0.1) is 14.2 Å². The Morgan fingerprint density at radius 1 is 1.20 bits per heavy atom. The minimum absolute atomic E-state index is 0.212. The molecule has 0 aromatic heterocycles. The van der Waals surface area contributed by atoms with Gasteiger partial charge in [-0.25, -0.2) is 0 Å². The summed E-state index contributed by atoms with van der Waals surface area (Å²) in [6.45, 7) is 5.58. The van der Waals surface area contributed by atoms with Crippen molar-refractivity contribution in [2.75, 3.05) is 14.2 Å². The fourth-order valence-corrected chi connectivity index (χ4v) is 2.10. The lowest BCUT2D eigenvalue weighted by molar-refractivity contribution is -0.164. The van der Waals surface area contributed by atoms with Gasteiger partial charge >= 0.3 is 11.9 Å². The molecule has 4 heteroatoms. The molecule has 0 atom stereocenters. The fraction of sp³-hybridized carbons (Fsp3) is 0.238. The molecule has 0 saturated heterocycles. The summed E-state index contributed by atoms with van der Waals surface area (Å²) < 4.78 is 9.55. The van der Waals surface area contributed by atoms with Gasteiger partial charge in [-0.15, -0.1) is 12.3 Å². The lowest BCUT2D eigenvalue weighted by atomic mass is 9.81. The molecule has 0 aliphatic rings. The van der Waals surface area contributed by atoms with Crippen LogP contribution in [0.3, 0.4) is 0 Å². The molecule has 0 aliphatic heterocycles. The largest absolute Gasteiger partial charge is 0.468 e. The highest BCUT2D eigenvalue weighted by Crippen LogP contribution is 2.30. The maximum Gasteiger partial charge on any atom is 0.328 e. The molecule has 4 nitrogen and oxygen atoms in total. The van der Waals surface area contributed by atoms with E-state index in [0.29, 0.717) is 11.1 Å². The van der Waals surface area contributed by atoms with E-state index in [1.54, 1.807) is 6.92 Å². The molecule has 0 heterocycles. The van der Waals surface area contributed by atoms with E-state index in [4.69, 9.17) is 15.9 Å². The lowest BCUT2D eigenvalue weighted by Gasteiger charge is -2.23. The molecular formula is C21H20O4. The fourth-order valence-electron chi connectivity index (χ4n) is 2.10. The number of carbonyl (C=O) groups excluding carboxylic acids is 2. The molecule has 0 N–H and O–H groups in total. The Morgan fingerprint density at radius 3 is 2.20 bits per heavy atom. The lowest BCUT2D eigenvalue weighted by Crippen LogP contribution is -2.39. The van der Waals surface area contributed by atoms with Crippen LogP contribution in [-0.4, -0.2) is 26.2 Å². The topological polar surface area (TPSA) is 52.6 Å². The molecule has 0 saturated carbocycles. The van der Waals surface area contributed by atoms with Gasteiger partial charge in [-0.05, 0) is 30.7 Å². The van der Waals surface area contributed by atoms with Crippen LogP contribution >= 0.6 is 0 Å². The molecule has 1 aromatic rings. The van der Waals surface area contributed by atoms with E-state index in [2.05, 4.69) is 24.3 Å². The van der Waals surface area contributed by atoms with E-state index in [0.717, 1.165) is 5.56 Å². The van der Waals surface area contributed by atoms with Gasteiger partial charge < -0.3 is 9.47 Å². The van der Waals surface area contributed by atoms with Gasteiger partial charge in [-0.2, -0.15) is 0 Å². The molecule has 128 valence electrons. The maximum absolute atomic E-state index is 12.3. The minimum Gasteiger partial charge on any atom is -0.468 e. The molecule has 0 aliphatic carbocycles. The van der Waals surface area contributed by atoms with Crippen molar-refractivity contribution in [3.8, 4) is 24.2 Å². The standard InChI is InChI=1S/C21H20O4/c1-6-14-21(19(22)24-4,20(23)25-5)15-18(16(2)3)13-12-17-10-8-7-9-11-17/h1,7-11,15H,2,14H2,3-5H3/b18-15-. The summed E-state index contributed by atoms with van der Waals surface area (Å²) in [4.78, 5) is 24.6. The predicted molar refractivity (Wildman–Crippen MR) is 96.1 cm³/mol. The highest BCUT2D eigenvalue weighted by Gasteiger charge is 2.46. The number of hydrogen-bond donors (Lipinski definition) is 0. The first-order chi connectivity index (χ1) is 11.9. The smallest absolute Gasteiger partial charge is 0.328 e. The monoisotopic (exact) mass is 336 g/mol. The van der Waals surface area contributed by atoms with E-state index in [1.165, 1.54) is 20.3 Å². The predicted octanol–water partition coefficient (Wildman–Crippen LogP) is 2.90. The van der Waals surface area contributed by atoms with E-state index in [1.807, 2.05) is 30.3 Å². The zero-order valence-corrected chi connectivity index (χ0v) is 14.6. The molecule has 0 radical (unpaired) electrons. The van der Waals surface area contributed by atoms with Crippen LogP contribution in [0.1, 0.15) is 18.9 Å². The molecule has 25 heavy (non-hydrogen) atoms. The summed E-state index contributed by atoms with van der Waals surface area (Å²) in [6, 6.07) is 9.29. The first-order valence-corrected chi connectivity index (χ1v) is 7.47. The molecule has 0 spiro atoms. The van der Waals surface area contributed by atoms with E-state index < -0.39 is 17.4 Å². The van der Waals surface area contributed by atoms with E-state index in [9.17, 15) is 9.59 Å². The van der Waals surface area contributed by atoms with Crippen LogP contribution in [0, 0.1) is 29.6 Å². The SMILES string of the molecule is C#CCC(/C=C(/C#Cc1ccccc1)C(=C)C)(C(=O)OC)C(=O)OC. The number of methoxy groups -OCH3 is 2. The van der Waals surface area contributed by atoms with Gasteiger partial charge in [-0.1, -0.05) is 36.6 Å². The normalized spacial score (nSPS) is 10.7. The van der Waals surface area contributed by atoms with E-state index >= 15 is 0 Å². The summed E-state index contributed by atoms with van der Waals surface area (Å²) in [5.74, 6) is 6.62. The summed E-state index contributed by atoms with van der Waals surface area (Å²) >= 11 is 0. The average molecular weight is 336 g/mol. The third-order valence-corrected chi connectivity index (χ3v) is 3.45. The van der Waals surface area contributed by atoms with Gasteiger partial charge in [0.25, 0.3) is 0 Å². The second-order valence-corrected chi connectivity index (χ2v) is 5.29. The van der Waals surface area contributed by atoms with Crippen LogP contribution in [0.2, 0.25) is 0 Å². The number of esters is 2. The minimum atomic E-state index is -1.77. The Morgan fingerprint density at radius 2 is 1.76 bits per heavy atom. The third-order valence-electron chi connectivity index (χ3n) is 3.45.